The van der Waals surface area contributed by atoms with Crippen LogP contribution in [0.15, 0.2) is 23.2 Å². The molecule has 0 amide bonds. The van der Waals surface area contributed by atoms with Crippen LogP contribution in [0.3, 0.4) is 0 Å². The fraction of sp³-hybridized carbons (Fsp3) is 0.200. The summed E-state index contributed by atoms with van der Waals surface area (Å²) in [5.41, 5.74) is 6.73. The zero-order valence-electron chi connectivity index (χ0n) is 7.88. The lowest BCUT2D eigenvalue weighted by atomic mass is 10.1. The van der Waals surface area contributed by atoms with Crippen molar-refractivity contribution in [1.29, 1.82) is 0 Å². The molecule has 0 aromatic heterocycles. The lowest BCUT2D eigenvalue weighted by Crippen LogP contribution is -2.01. The van der Waals surface area contributed by atoms with Gasteiger partial charge in [0, 0.05) is 16.6 Å². The molecule has 1 rings (SSSR count). The quantitative estimate of drug-likeness (QED) is 0.873. The number of hydrogen-bond donors (Lipinski definition) is 2. The molecule has 76 valence electrons. The first kappa shape index (κ1) is 11.1. The van der Waals surface area contributed by atoms with Crippen LogP contribution in [0.1, 0.15) is 5.56 Å². The van der Waals surface area contributed by atoms with Gasteiger partial charge in [0.1, 0.15) is 0 Å². The molecule has 3 N–H and O–H groups in total. The van der Waals surface area contributed by atoms with Crippen LogP contribution >= 0.6 is 15.9 Å². The molecule has 0 atom stereocenters. The van der Waals surface area contributed by atoms with Gasteiger partial charge in [-0.25, -0.2) is 0 Å². The van der Waals surface area contributed by atoms with E-state index >= 15 is 0 Å². The Balaban J connectivity index is 3.29. The Morgan fingerprint density at radius 2 is 2.29 bits per heavy atom. The second-order valence-electron chi connectivity index (χ2n) is 2.81. The number of phenolic OH excluding ortho intramolecular Hbond substituents is 1. The Hall–Kier alpha value is -1.00. The SMILES string of the molecule is C=C(CN)c1cc(Br)cc(OC)c1O. The van der Waals surface area contributed by atoms with Crippen molar-refractivity contribution in [2.24, 2.45) is 5.73 Å². The maximum absolute atomic E-state index is 9.75. The van der Waals surface area contributed by atoms with Crippen LogP contribution in [0.5, 0.6) is 11.5 Å². The summed E-state index contributed by atoms with van der Waals surface area (Å²) in [6.07, 6.45) is 0. The summed E-state index contributed by atoms with van der Waals surface area (Å²) in [6.45, 7) is 4.06. The van der Waals surface area contributed by atoms with E-state index in [0.29, 0.717) is 23.4 Å². The molecule has 0 unspecified atom stereocenters. The van der Waals surface area contributed by atoms with Crippen LogP contribution < -0.4 is 10.5 Å². The van der Waals surface area contributed by atoms with Crippen LogP contribution in [0.2, 0.25) is 0 Å². The molecule has 0 radical (unpaired) electrons. The zero-order valence-corrected chi connectivity index (χ0v) is 9.47. The van der Waals surface area contributed by atoms with Crippen molar-refractivity contribution >= 4 is 21.5 Å². The van der Waals surface area contributed by atoms with Crippen molar-refractivity contribution in [3.8, 4) is 11.5 Å². The van der Waals surface area contributed by atoms with E-state index in [1.165, 1.54) is 7.11 Å². The maximum atomic E-state index is 9.75. The average molecular weight is 258 g/mol. The molecule has 1 aromatic rings. The molecule has 0 aliphatic heterocycles. The predicted molar refractivity (Wildman–Crippen MR) is 60.4 cm³/mol. The molecular formula is C10H12BrNO2. The van der Waals surface area contributed by atoms with Gasteiger partial charge < -0.3 is 15.6 Å². The molecule has 0 bridgehead atoms. The van der Waals surface area contributed by atoms with Gasteiger partial charge >= 0.3 is 0 Å². The number of ether oxygens (including phenoxy) is 1. The normalized spacial score (nSPS) is 9.93. The van der Waals surface area contributed by atoms with Gasteiger partial charge in [0.05, 0.1) is 7.11 Å². The molecule has 0 aliphatic carbocycles. The highest BCUT2D eigenvalue weighted by Gasteiger charge is 2.11. The molecule has 3 nitrogen and oxygen atoms in total. The standard InChI is InChI=1S/C10H12BrNO2/c1-6(5-12)8-3-7(11)4-9(14-2)10(8)13/h3-4,13H,1,5,12H2,2H3. The Bertz CT molecular complexity index is 363. The first-order chi connectivity index (χ1) is 6.60. The van der Waals surface area contributed by atoms with Gasteiger partial charge in [-0.15, -0.1) is 0 Å². The number of nitrogens with two attached hydrogens (primary N) is 1. The largest absolute Gasteiger partial charge is 0.504 e. The van der Waals surface area contributed by atoms with Gasteiger partial charge in [0.25, 0.3) is 0 Å². The number of benzene rings is 1. The van der Waals surface area contributed by atoms with Crippen LogP contribution in [0.4, 0.5) is 0 Å². The van der Waals surface area contributed by atoms with E-state index in [4.69, 9.17) is 10.5 Å². The summed E-state index contributed by atoms with van der Waals surface area (Å²) in [5, 5.41) is 9.75. The minimum atomic E-state index is 0.0751. The fourth-order valence-corrected chi connectivity index (χ4v) is 1.55. The lowest BCUT2D eigenvalue weighted by molar-refractivity contribution is 0.372. The average Bonchev–Trinajstić information content (AvgIpc) is 2.19. The third kappa shape index (κ3) is 2.08. The topological polar surface area (TPSA) is 55.5 Å². The second-order valence-corrected chi connectivity index (χ2v) is 3.73. The van der Waals surface area contributed by atoms with E-state index < -0.39 is 0 Å². The molecule has 0 fully saturated rings. The molecule has 4 heteroatoms. The van der Waals surface area contributed by atoms with E-state index in [9.17, 15) is 5.11 Å². The highest BCUT2D eigenvalue weighted by atomic mass is 79.9. The van der Waals surface area contributed by atoms with E-state index in [2.05, 4.69) is 22.5 Å². The smallest absolute Gasteiger partial charge is 0.165 e. The summed E-state index contributed by atoms with van der Waals surface area (Å²) in [6, 6.07) is 3.44. The van der Waals surface area contributed by atoms with Gasteiger partial charge in [-0.2, -0.15) is 0 Å². The van der Waals surface area contributed by atoms with E-state index in [0.717, 1.165) is 4.47 Å². The second kappa shape index (κ2) is 4.48. The van der Waals surface area contributed by atoms with E-state index in [1.807, 2.05) is 0 Å². The Labute approximate surface area is 91.3 Å². The Morgan fingerprint density at radius 1 is 1.64 bits per heavy atom. The van der Waals surface area contributed by atoms with Gasteiger partial charge in [0.15, 0.2) is 11.5 Å². The molecule has 0 saturated carbocycles. The first-order valence-corrected chi connectivity index (χ1v) is 4.84. The van der Waals surface area contributed by atoms with Crippen LogP contribution in [0.25, 0.3) is 5.57 Å². The Morgan fingerprint density at radius 3 is 2.79 bits per heavy atom. The number of aromatic hydroxyl groups is 1. The minimum absolute atomic E-state index is 0.0751. The number of phenols is 1. The molecule has 0 aliphatic rings. The molecule has 0 heterocycles. The number of rotatable bonds is 3. The molecule has 0 saturated heterocycles. The van der Waals surface area contributed by atoms with Crippen molar-refractivity contribution < 1.29 is 9.84 Å². The Kier molecular flexibility index (Phi) is 3.55. The first-order valence-electron chi connectivity index (χ1n) is 4.05. The number of hydrogen-bond acceptors (Lipinski definition) is 3. The summed E-state index contributed by atoms with van der Waals surface area (Å²) >= 11 is 3.31. The summed E-state index contributed by atoms with van der Waals surface area (Å²) < 4.78 is 5.82. The van der Waals surface area contributed by atoms with Crippen molar-refractivity contribution in [3.63, 3.8) is 0 Å². The third-order valence-electron chi connectivity index (χ3n) is 1.89. The molecular weight excluding hydrogens is 246 g/mol. The van der Waals surface area contributed by atoms with Crippen molar-refractivity contribution in [2.75, 3.05) is 13.7 Å². The van der Waals surface area contributed by atoms with Gasteiger partial charge in [-0.05, 0) is 17.7 Å². The fourth-order valence-electron chi connectivity index (χ4n) is 1.11. The highest BCUT2D eigenvalue weighted by Crippen LogP contribution is 2.36. The lowest BCUT2D eigenvalue weighted by Gasteiger charge is -2.10. The van der Waals surface area contributed by atoms with Gasteiger partial charge in [-0.1, -0.05) is 22.5 Å². The summed E-state index contributed by atoms with van der Waals surface area (Å²) in [4.78, 5) is 0. The van der Waals surface area contributed by atoms with Crippen molar-refractivity contribution in [3.05, 3.63) is 28.7 Å². The third-order valence-corrected chi connectivity index (χ3v) is 2.34. The van der Waals surface area contributed by atoms with Crippen molar-refractivity contribution in [2.45, 2.75) is 0 Å². The van der Waals surface area contributed by atoms with Gasteiger partial charge in [-0.3, -0.25) is 0 Å². The van der Waals surface area contributed by atoms with Crippen LogP contribution in [0, 0.1) is 0 Å². The number of halogens is 1. The van der Waals surface area contributed by atoms with Crippen LogP contribution in [-0.2, 0) is 0 Å². The minimum Gasteiger partial charge on any atom is -0.504 e. The molecule has 14 heavy (non-hydrogen) atoms. The highest BCUT2D eigenvalue weighted by molar-refractivity contribution is 9.10. The predicted octanol–water partition coefficient (Wildman–Crippen LogP) is 2.14. The molecule has 1 aromatic carbocycles. The van der Waals surface area contributed by atoms with Gasteiger partial charge in [0.2, 0.25) is 0 Å². The summed E-state index contributed by atoms with van der Waals surface area (Å²) in [7, 11) is 1.50. The van der Waals surface area contributed by atoms with Crippen LogP contribution in [-0.4, -0.2) is 18.8 Å². The van der Waals surface area contributed by atoms with Crippen molar-refractivity contribution in [1.82, 2.24) is 0 Å². The molecule has 0 spiro atoms. The summed E-state index contributed by atoms with van der Waals surface area (Å²) in [5.74, 6) is 0.482. The van der Waals surface area contributed by atoms with E-state index in [-0.39, 0.29) is 5.75 Å². The van der Waals surface area contributed by atoms with E-state index in [1.54, 1.807) is 12.1 Å². The number of methoxy groups -OCH3 is 1. The zero-order chi connectivity index (χ0) is 10.7. The monoisotopic (exact) mass is 257 g/mol. The maximum Gasteiger partial charge on any atom is 0.165 e.